The lowest BCUT2D eigenvalue weighted by Gasteiger charge is -2.17. The Kier molecular flexibility index (Phi) is 10.4. The summed E-state index contributed by atoms with van der Waals surface area (Å²) >= 11 is 3.34. The Balaban J connectivity index is 1.35. The van der Waals surface area contributed by atoms with Crippen LogP contribution in [0.15, 0.2) is 113 Å². The second-order valence-corrected chi connectivity index (χ2v) is 9.72. The summed E-state index contributed by atoms with van der Waals surface area (Å²) in [5, 5.41) is 6.68. The molecule has 4 aromatic carbocycles. The van der Waals surface area contributed by atoms with Crippen LogP contribution in [0.2, 0.25) is 0 Å². The summed E-state index contributed by atoms with van der Waals surface area (Å²) in [6, 6.07) is 30.5. The maximum atomic E-state index is 13.1. The molecule has 0 fully saturated rings. The van der Waals surface area contributed by atoms with Gasteiger partial charge in [0.2, 0.25) is 5.91 Å². The number of halogens is 1. The molecule has 8 nitrogen and oxygen atoms in total. The molecule has 0 aromatic heterocycles. The quantitative estimate of drug-likeness (QED) is 0.101. The first-order valence-corrected chi connectivity index (χ1v) is 13.7. The minimum Gasteiger partial charge on any atom is -0.490 e. The van der Waals surface area contributed by atoms with E-state index >= 15 is 0 Å². The molecule has 2 amide bonds. The second kappa shape index (κ2) is 14.6. The van der Waals surface area contributed by atoms with Gasteiger partial charge < -0.3 is 14.8 Å². The molecule has 0 aliphatic carbocycles. The number of hydrogen-bond acceptors (Lipinski definition) is 6. The second-order valence-electron chi connectivity index (χ2n) is 8.80. The van der Waals surface area contributed by atoms with E-state index in [0.29, 0.717) is 23.5 Å². The van der Waals surface area contributed by atoms with Crippen LogP contribution < -0.4 is 20.2 Å². The van der Waals surface area contributed by atoms with E-state index < -0.39 is 17.8 Å². The summed E-state index contributed by atoms with van der Waals surface area (Å²) in [6.45, 7) is 1.92. The van der Waals surface area contributed by atoms with Gasteiger partial charge in [-0.15, -0.1) is 0 Å². The minimum absolute atomic E-state index is 0.249. The standard InChI is InChI=1S/C32H28BrN3O5/c1-2-40-28-19-22(13-18-27(28)41-32(39)25-14-16-26(33)17-15-25)20-35-36-29(37)21-34-31(38)30(23-9-5-3-6-10-23)24-11-7-4-8-12-24/h3-20,30H,2,21H2,1H3,(H,34,38)(H,36,37)/b35-20+. The number of benzene rings is 4. The van der Waals surface area contributed by atoms with Crippen molar-refractivity contribution in [1.29, 1.82) is 0 Å². The van der Waals surface area contributed by atoms with Crippen LogP contribution in [0.3, 0.4) is 0 Å². The molecule has 0 saturated carbocycles. The van der Waals surface area contributed by atoms with Gasteiger partial charge in [0.05, 0.1) is 30.8 Å². The van der Waals surface area contributed by atoms with Gasteiger partial charge >= 0.3 is 5.97 Å². The fraction of sp³-hybridized carbons (Fsp3) is 0.125. The molecule has 0 unspecified atom stereocenters. The molecular weight excluding hydrogens is 586 g/mol. The highest BCUT2D eigenvalue weighted by molar-refractivity contribution is 9.10. The van der Waals surface area contributed by atoms with Crippen LogP contribution >= 0.6 is 15.9 Å². The van der Waals surface area contributed by atoms with Crippen LogP contribution in [0.4, 0.5) is 0 Å². The summed E-state index contributed by atoms with van der Waals surface area (Å²) in [5.41, 5.74) is 5.07. The molecule has 2 N–H and O–H groups in total. The van der Waals surface area contributed by atoms with E-state index in [4.69, 9.17) is 9.47 Å². The highest BCUT2D eigenvalue weighted by Crippen LogP contribution is 2.29. The Bertz CT molecular complexity index is 1470. The third-order valence-electron chi connectivity index (χ3n) is 5.90. The lowest BCUT2D eigenvalue weighted by molar-refractivity contribution is -0.126. The van der Waals surface area contributed by atoms with Crippen LogP contribution in [-0.2, 0) is 9.59 Å². The van der Waals surface area contributed by atoms with Gasteiger partial charge in [-0.1, -0.05) is 76.6 Å². The highest BCUT2D eigenvalue weighted by Gasteiger charge is 2.22. The molecule has 4 aromatic rings. The zero-order chi connectivity index (χ0) is 29.0. The van der Waals surface area contributed by atoms with Crippen LogP contribution in [0, 0.1) is 0 Å². The molecule has 0 radical (unpaired) electrons. The number of esters is 1. The Morgan fingerprint density at radius 3 is 2.10 bits per heavy atom. The lowest BCUT2D eigenvalue weighted by Crippen LogP contribution is -2.37. The lowest BCUT2D eigenvalue weighted by atomic mass is 9.90. The summed E-state index contributed by atoms with van der Waals surface area (Å²) in [5.74, 6) is -1.24. The fourth-order valence-corrected chi connectivity index (χ4v) is 4.24. The Hall–Kier alpha value is -4.76. The molecule has 0 aliphatic rings. The summed E-state index contributed by atoms with van der Waals surface area (Å²) in [7, 11) is 0. The minimum atomic E-state index is -0.554. The third kappa shape index (κ3) is 8.36. The van der Waals surface area contributed by atoms with Crippen LogP contribution in [0.1, 0.15) is 39.9 Å². The van der Waals surface area contributed by atoms with Crippen molar-refractivity contribution >= 4 is 39.9 Å². The normalized spacial score (nSPS) is 10.8. The van der Waals surface area contributed by atoms with Crippen molar-refractivity contribution in [2.24, 2.45) is 5.10 Å². The van der Waals surface area contributed by atoms with Crippen LogP contribution in [0.25, 0.3) is 0 Å². The molecule has 0 bridgehead atoms. The topological polar surface area (TPSA) is 106 Å². The predicted molar refractivity (Wildman–Crippen MR) is 160 cm³/mol. The van der Waals surface area contributed by atoms with Gasteiger partial charge in [0, 0.05) is 4.47 Å². The highest BCUT2D eigenvalue weighted by atomic mass is 79.9. The molecule has 4 rings (SSSR count). The van der Waals surface area contributed by atoms with Gasteiger partial charge in [-0.05, 0) is 66.1 Å². The summed E-state index contributed by atoms with van der Waals surface area (Å²) < 4.78 is 12.0. The summed E-state index contributed by atoms with van der Waals surface area (Å²) in [4.78, 5) is 38.0. The average molecular weight is 614 g/mol. The number of rotatable bonds is 11. The molecular formula is C32H28BrN3O5. The smallest absolute Gasteiger partial charge is 0.343 e. The Labute approximate surface area is 246 Å². The third-order valence-corrected chi connectivity index (χ3v) is 6.43. The average Bonchev–Trinajstić information content (AvgIpc) is 2.99. The van der Waals surface area contributed by atoms with Crippen molar-refractivity contribution in [3.05, 3.63) is 130 Å². The molecule has 0 atom stereocenters. The van der Waals surface area contributed by atoms with Crippen molar-refractivity contribution in [3.63, 3.8) is 0 Å². The molecule has 208 valence electrons. The molecule has 0 spiro atoms. The zero-order valence-electron chi connectivity index (χ0n) is 22.3. The van der Waals surface area contributed by atoms with Gasteiger partial charge in [-0.25, -0.2) is 10.2 Å². The number of hydrazone groups is 1. The first-order valence-electron chi connectivity index (χ1n) is 12.9. The fourth-order valence-electron chi connectivity index (χ4n) is 3.98. The van der Waals surface area contributed by atoms with E-state index in [1.165, 1.54) is 6.21 Å². The van der Waals surface area contributed by atoms with Crippen molar-refractivity contribution in [2.75, 3.05) is 13.2 Å². The van der Waals surface area contributed by atoms with Crippen molar-refractivity contribution in [1.82, 2.24) is 10.7 Å². The first-order chi connectivity index (χ1) is 19.9. The van der Waals surface area contributed by atoms with Crippen LogP contribution in [0.5, 0.6) is 11.5 Å². The van der Waals surface area contributed by atoms with Gasteiger partial charge in [-0.3, -0.25) is 9.59 Å². The number of carbonyl (C=O) groups excluding carboxylic acids is 3. The van der Waals surface area contributed by atoms with E-state index in [0.717, 1.165) is 15.6 Å². The zero-order valence-corrected chi connectivity index (χ0v) is 23.8. The van der Waals surface area contributed by atoms with E-state index in [1.54, 1.807) is 42.5 Å². The number of hydrogen-bond donors (Lipinski definition) is 2. The van der Waals surface area contributed by atoms with Crippen molar-refractivity contribution in [2.45, 2.75) is 12.8 Å². The van der Waals surface area contributed by atoms with Crippen molar-refractivity contribution < 1.29 is 23.9 Å². The molecule has 9 heteroatoms. The van der Waals surface area contributed by atoms with E-state index in [2.05, 4.69) is 31.8 Å². The van der Waals surface area contributed by atoms with Crippen molar-refractivity contribution in [3.8, 4) is 11.5 Å². The Morgan fingerprint density at radius 1 is 0.854 bits per heavy atom. The molecule has 41 heavy (non-hydrogen) atoms. The maximum absolute atomic E-state index is 13.1. The van der Waals surface area contributed by atoms with Gasteiger partial charge in [0.15, 0.2) is 11.5 Å². The van der Waals surface area contributed by atoms with Gasteiger partial charge in [-0.2, -0.15) is 5.10 Å². The largest absolute Gasteiger partial charge is 0.490 e. The van der Waals surface area contributed by atoms with E-state index in [9.17, 15) is 14.4 Å². The SMILES string of the molecule is CCOc1cc(/C=N/NC(=O)CNC(=O)C(c2ccccc2)c2ccccc2)ccc1OC(=O)c1ccc(Br)cc1. The van der Waals surface area contributed by atoms with E-state index in [-0.39, 0.29) is 18.2 Å². The first kappa shape index (κ1) is 29.2. The monoisotopic (exact) mass is 613 g/mol. The number of nitrogens with one attached hydrogen (secondary N) is 2. The molecule has 0 aliphatic heterocycles. The number of carbonyl (C=O) groups is 3. The summed E-state index contributed by atoms with van der Waals surface area (Å²) in [6.07, 6.45) is 1.43. The Morgan fingerprint density at radius 2 is 1.49 bits per heavy atom. The van der Waals surface area contributed by atoms with Gasteiger partial charge in [0.1, 0.15) is 0 Å². The van der Waals surface area contributed by atoms with Gasteiger partial charge in [0.25, 0.3) is 5.91 Å². The number of nitrogens with zero attached hydrogens (tertiary/aromatic N) is 1. The number of ether oxygens (including phenoxy) is 2. The number of amides is 2. The molecule has 0 saturated heterocycles. The van der Waals surface area contributed by atoms with Crippen LogP contribution in [-0.4, -0.2) is 37.1 Å². The van der Waals surface area contributed by atoms with E-state index in [1.807, 2.05) is 67.6 Å². The maximum Gasteiger partial charge on any atom is 0.343 e. The molecule has 0 heterocycles. The predicted octanol–water partition coefficient (Wildman–Crippen LogP) is 5.47.